The molecule has 96 valence electrons. The van der Waals surface area contributed by atoms with Gasteiger partial charge in [0.2, 0.25) is 5.91 Å². The summed E-state index contributed by atoms with van der Waals surface area (Å²) in [4.78, 5) is 36.9. The Kier molecular flexibility index (Phi) is 2.48. The van der Waals surface area contributed by atoms with Gasteiger partial charge in [-0.05, 0) is 17.2 Å². The zero-order valence-electron chi connectivity index (χ0n) is 10.2. The zero-order chi connectivity index (χ0) is 13.6. The Hall–Kier alpha value is -2.43. The van der Waals surface area contributed by atoms with Crippen LogP contribution in [-0.2, 0) is 16.1 Å². The molecule has 5 nitrogen and oxygen atoms in total. The third kappa shape index (κ3) is 1.74. The second-order valence-electron chi connectivity index (χ2n) is 4.74. The minimum absolute atomic E-state index is 0.0799. The van der Waals surface area contributed by atoms with Crippen molar-refractivity contribution < 1.29 is 14.4 Å². The summed E-state index contributed by atoms with van der Waals surface area (Å²) < 4.78 is 0. The molecular formula is C14H12N2O3. The fourth-order valence-corrected chi connectivity index (χ4v) is 2.59. The molecule has 0 aromatic heterocycles. The zero-order valence-corrected chi connectivity index (χ0v) is 10.2. The summed E-state index contributed by atoms with van der Waals surface area (Å²) >= 11 is 0. The van der Waals surface area contributed by atoms with Crippen molar-refractivity contribution in [1.29, 1.82) is 0 Å². The highest BCUT2D eigenvalue weighted by atomic mass is 16.2. The Bertz CT molecular complexity index is 601. The predicted octanol–water partition coefficient (Wildman–Crippen LogP) is 0.614. The maximum Gasteiger partial charge on any atom is 0.255 e. The van der Waals surface area contributed by atoms with Gasteiger partial charge >= 0.3 is 0 Å². The third-order valence-electron chi connectivity index (χ3n) is 3.45. The Morgan fingerprint density at radius 2 is 1.95 bits per heavy atom. The standard InChI is InChI=1S/C14H12N2O3/c1-8-6-11(17)15-13(18)12(8)16-7-9-4-2-3-5-10(9)14(16)19/h2-5,12H,1,6-7H2,(H,15,17,18). The maximum atomic E-state index is 12.3. The highest BCUT2D eigenvalue weighted by molar-refractivity contribution is 6.07. The van der Waals surface area contributed by atoms with E-state index in [0.717, 1.165) is 5.56 Å². The molecule has 5 heteroatoms. The molecule has 0 saturated carbocycles. The second kappa shape index (κ2) is 4.05. The lowest BCUT2D eigenvalue weighted by Crippen LogP contribution is -2.53. The van der Waals surface area contributed by atoms with Gasteiger partial charge in [-0.2, -0.15) is 0 Å². The van der Waals surface area contributed by atoms with Gasteiger partial charge in [-0.1, -0.05) is 24.8 Å². The summed E-state index contributed by atoms with van der Waals surface area (Å²) in [6.45, 7) is 4.14. The first-order valence-electron chi connectivity index (χ1n) is 5.98. The minimum atomic E-state index is -0.752. The summed E-state index contributed by atoms with van der Waals surface area (Å²) in [5.41, 5.74) is 1.97. The number of rotatable bonds is 1. The van der Waals surface area contributed by atoms with Crippen molar-refractivity contribution in [2.45, 2.75) is 19.0 Å². The average molecular weight is 256 g/mol. The van der Waals surface area contributed by atoms with Crippen LogP contribution in [0.25, 0.3) is 0 Å². The number of carbonyl (C=O) groups excluding carboxylic acids is 3. The van der Waals surface area contributed by atoms with Crippen molar-refractivity contribution >= 4 is 17.7 Å². The molecule has 1 saturated heterocycles. The molecule has 0 bridgehead atoms. The van der Waals surface area contributed by atoms with Crippen LogP contribution in [0.3, 0.4) is 0 Å². The summed E-state index contributed by atoms with van der Waals surface area (Å²) in [7, 11) is 0. The van der Waals surface area contributed by atoms with Crippen molar-refractivity contribution in [1.82, 2.24) is 10.2 Å². The lowest BCUT2D eigenvalue weighted by atomic mass is 9.99. The molecule has 2 heterocycles. The molecule has 2 aliphatic rings. The van der Waals surface area contributed by atoms with E-state index < -0.39 is 11.9 Å². The van der Waals surface area contributed by atoms with E-state index in [9.17, 15) is 14.4 Å². The normalized spacial score (nSPS) is 22.5. The molecule has 1 fully saturated rings. The van der Waals surface area contributed by atoms with Crippen molar-refractivity contribution in [2.24, 2.45) is 0 Å². The van der Waals surface area contributed by atoms with Crippen molar-refractivity contribution in [3.05, 3.63) is 47.5 Å². The van der Waals surface area contributed by atoms with E-state index in [1.165, 1.54) is 4.90 Å². The smallest absolute Gasteiger partial charge is 0.255 e. The van der Waals surface area contributed by atoms with E-state index in [0.29, 0.717) is 17.7 Å². The largest absolute Gasteiger partial charge is 0.318 e. The Morgan fingerprint density at radius 3 is 2.63 bits per heavy atom. The van der Waals surface area contributed by atoms with Crippen LogP contribution in [0.15, 0.2) is 36.4 Å². The van der Waals surface area contributed by atoms with Crippen LogP contribution in [0.2, 0.25) is 0 Å². The molecule has 1 N–H and O–H groups in total. The number of nitrogens with one attached hydrogen (secondary N) is 1. The van der Waals surface area contributed by atoms with Crippen LogP contribution in [0.5, 0.6) is 0 Å². The van der Waals surface area contributed by atoms with E-state index in [-0.39, 0.29) is 18.2 Å². The molecule has 1 aromatic carbocycles. The van der Waals surface area contributed by atoms with E-state index in [1.54, 1.807) is 12.1 Å². The van der Waals surface area contributed by atoms with E-state index in [1.807, 2.05) is 12.1 Å². The van der Waals surface area contributed by atoms with E-state index >= 15 is 0 Å². The third-order valence-corrected chi connectivity index (χ3v) is 3.45. The van der Waals surface area contributed by atoms with Crippen LogP contribution >= 0.6 is 0 Å². The molecule has 1 atom stereocenters. The van der Waals surface area contributed by atoms with Gasteiger partial charge in [0.15, 0.2) is 0 Å². The van der Waals surface area contributed by atoms with Gasteiger partial charge in [-0.25, -0.2) is 0 Å². The Balaban J connectivity index is 1.93. The van der Waals surface area contributed by atoms with Gasteiger partial charge in [0, 0.05) is 12.1 Å². The number of hydrogen-bond donors (Lipinski definition) is 1. The number of imide groups is 1. The van der Waals surface area contributed by atoms with Crippen LogP contribution in [0, 0.1) is 0 Å². The van der Waals surface area contributed by atoms with Crippen LogP contribution < -0.4 is 5.32 Å². The highest BCUT2D eigenvalue weighted by Gasteiger charge is 2.40. The maximum absolute atomic E-state index is 12.3. The monoisotopic (exact) mass is 256 g/mol. The van der Waals surface area contributed by atoms with Gasteiger partial charge in [-0.3, -0.25) is 19.7 Å². The van der Waals surface area contributed by atoms with Crippen molar-refractivity contribution in [3.8, 4) is 0 Å². The number of fused-ring (bicyclic) bond motifs is 1. The van der Waals surface area contributed by atoms with Gasteiger partial charge in [0.25, 0.3) is 11.8 Å². The van der Waals surface area contributed by atoms with Crippen molar-refractivity contribution in [2.75, 3.05) is 0 Å². The molecule has 1 aromatic rings. The fourth-order valence-electron chi connectivity index (χ4n) is 2.59. The van der Waals surface area contributed by atoms with Crippen LogP contribution in [0.4, 0.5) is 0 Å². The molecule has 0 radical (unpaired) electrons. The van der Waals surface area contributed by atoms with Gasteiger partial charge < -0.3 is 4.90 Å². The first kappa shape index (κ1) is 11.6. The Morgan fingerprint density at radius 1 is 1.21 bits per heavy atom. The summed E-state index contributed by atoms with van der Waals surface area (Å²) in [5.74, 6) is -1.02. The first-order valence-corrected chi connectivity index (χ1v) is 5.98. The van der Waals surface area contributed by atoms with Gasteiger partial charge in [0.05, 0.1) is 6.42 Å². The first-order chi connectivity index (χ1) is 9.08. The van der Waals surface area contributed by atoms with Crippen molar-refractivity contribution in [3.63, 3.8) is 0 Å². The molecule has 1 unspecified atom stereocenters. The second-order valence-corrected chi connectivity index (χ2v) is 4.74. The van der Waals surface area contributed by atoms with Crippen LogP contribution in [0.1, 0.15) is 22.3 Å². The quantitative estimate of drug-likeness (QED) is 0.591. The molecule has 19 heavy (non-hydrogen) atoms. The summed E-state index contributed by atoms with van der Waals surface area (Å²) in [6, 6.07) is 6.50. The number of carbonyl (C=O) groups is 3. The Labute approximate surface area is 109 Å². The van der Waals surface area contributed by atoms with Gasteiger partial charge in [-0.15, -0.1) is 0 Å². The molecule has 2 aliphatic heterocycles. The average Bonchev–Trinajstić information content (AvgIpc) is 2.66. The molecular weight excluding hydrogens is 244 g/mol. The fraction of sp³-hybridized carbons (Fsp3) is 0.214. The van der Waals surface area contributed by atoms with Crippen LogP contribution in [-0.4, -0.2) is 28.7 Å². The number of nitrogens with zero attached hydrogens (tertiary/aromatic N) is 1. The highest BCUT2D eigenvalue weighted by Crippen LogP contribution is 2.28. The van der Waals surface area contributed by atoms with Gasteiger partial charge in [0.1, 0.15) is 6.04 Å². The number of piperidine rings is 1. The lowest BCUT2D eigenvalue weighted by molar-refractivity contribution is -0.134. The topological polar surface area (TPSA) is 66.5 Å². The molecule has 3 amide bonds. The number of amides is 3. The SMILES string of the molecule is C=C1CC(=O)NC(=O)C1N1Cc2ccccc2C1=O. The molecule has 3 rings (SSSR count). The lowest BCUT2D eigenvalue weighted by Gasteiger charge is -2.31. The molecule has 0 spiro atoms. The number of benzene rings is 1. The molecule has 0 aliphatic carbocycles. The summed E-state index contributed by atoms with van der Waals surface area (Å²) in [6.07, 6.45) is 0.0799. The number of hydrogen-bond acceptors (Lipinski definition) is 3. The van der Waals surface area contributed by atoms with E-state index in [4.69, 9.17) is 0 Å². The summed E-state index contributed by atoms with van der Waals surface area (Å²) in [5, 5.41) is 2.25. The predicted molar refractivity (Wildman–Crippen MR) is 67.0 cm³/mol. The van der Waals surface area contributed by atoms with E-state index in [2.05, 4.69) is 11.9 Å². The minimum Gasteiger partial charge on any atom is -0.318 e.